The molecule has 1 aromatic rings. The van der Waals surface area contributed by atoms with E-state index in [1.54, 1.807) is 18.7 Å². The molecule has 94 valence electrons. The van der Waals surface area contributed by atoms with Crippen LogP contribution in [-0.4, -0.2) is 9.13 Å². The molecule has 1 fully saturated rings. The van der Waals surface area contributed by atoms with Crippen LogP contribution in [0.5, 0.6) is 0 Å². The van der Waals surface area contributed by atoms with E-state index in [0.717, 1.165) is 24.1 Å². The van der Waals surface area contributed by atoms with Gasteiger partial charge in [0.2, 0.25) is 0 Å². The molecule has 1 saturated carbocycles. The fourth-order valence-electron chi connectivity index (χ4n) is 4.29. The van der Waals surface area contributed by atoms with Crippen molar-refractivity contribution in [1.29, 1.82) is 0 Å². The van der Waals surface area contributed by atoms with Gasteiger partial charge in [-0.3, -0.25) is 9.36 Å². The van der Waals surface area contributed by atoms with Crippen LogP contribution < -0.4 is 11.2 Å². The van der Waals surface area contributed by atoms with Crippen molar-refractivity contribution >= 4 is 0 Å². The first-order valence-corrected chi connectivity index (χ1v) is 6.41. The molecular formula is C14H16N2O2. The third kappa shape index (κ3) is 0.788. The largest absolute Gasteiger partial charge is 0.330 e. The average molecular weight is 244 g/mol. The molecule has 0 radical (unpaired) electrons. The summed E-state index contributed by atoms with van der Waals surface area (Å²) in [6.45, 7) is 2.16. The third-order valence-electron chi connectivity index (χ3n) is 5.62. The Balaban J connectivity index is 2.16. The van der Waals surface area contributed by atoms with Gasteiger partial charge in [0, 0.05) is 30.8 Å². The summed E-state index contributed by atoms with van der Waals surface area (Å²) in [5.74, 6) is 0.606. The summed E-state index contributed by atoms with van der Waals surface area (Å²) in [7, 11) is 3.35. The lowest BCUT2D eigenvalue weighted by atomic mass is 9.76. The number of allylic oxidation sites excluding steroid dienone is 2. The Bertz CT molecular complexity index is 739. The summed E-state index contributed by atoms with van der Waals surface area (Å²) in [6, 6.07) is 0. The quantitative estimate of drug-likeness (QED) is 0.623. The van der Waals surface area contributed by atoms with Gasteiger partial charge in [-0.05, 0) is 24.2 Å². The number of fused-ring (bicyclic) bond motifs is 2. The Labute approximate surface area is 105 Å². The Kier molecular flexibility index (Phi) is 1.47. The standard InChI is InChI=1S/C14H16N2O2/c1-13-5-4-8-6-14(8,13)7-9-10(13)11(17)16(3)12(18)15(9)2/h4-5,8H,6-7H2,1-3H3/t8-,13-,14?/m1/s1. The zero-order valence-electron chi connectivity index (χ0n) is 10.9. The summed E-state index contributed by atoms with van der Waals surface area (Å²) >= 11 is 0. The highest BCUT2D eigenvalue weighted by Gasteiger charge is 2.70. The molecule has 4 rings (SSSR count). The number of hydrogen-bond donors (Lipinski definition) is 0. The molecule has 1 unspecified atom stereocenters. The predicted octanol–water partition coefficient (Wildman–Crippen LogP) is 0.474. The molecule has 0 aromatic carbocycles. The Hall–Kier alpha value is -1.58. The molecule has 0 bridgehead atoms. The minimum absolute atomic E-state index is 0.107. The van der Waals surface area contributed by atoms with Gasteiger partial charge in [-0.15, -0.1) is 0 Å². The molecule has 1 spiro atoms. The van der Waals surface area contributed by atoms with Gasteiger partial charge in [-0.25, -0.2) is 4.79 Å². The summed E-state index contributed by atoms with van der Waals surface area (Å²) in [6.07, 6.45) is 6.48. The number of hydrogen-bond acceptors (Lipinski definition) is 2. The van der Waals surface area contributed by atoms with E-state index in [2.05, 4.69) is 19.1 Å². The highest BCUT2D eigenvalue weighted by Crippen LogP contribution is 2.73. The lowest BCUT2D eigenvalue weighted by molar-refractivity contribution is 0.362. The SMILES string of the molecule is Cn1c2c(c(=O)n(C)c1=O)[C@@]1(C)C=C[C@@H]3CC31C2. The molecule has 3 atom stereocenters. The topological polar surface area (TPSA) is 44.0 Å². The maximum atomic E-state index is 12.5. The van der Waals surface area contributed by atoms with E-state index in [-0.39, 0.29) is 22.1 Å². The molecule has 0 N–H and O–H groups in total. The van der Waals surface area contributed by atoms with E-state index in [0.29, 0.717) is 5.92 Å². The van der Waals surface area contributed by atoms with Gasteiger partial charge >= 0.3 is 5.69 Å². The Morgan fingerprint density at radius 3 is 2.67 bits per heavy atom. The van der Waals surface area contributed by atoms with Crippen LogP contribution in [0.2, 0.25) is 0 Å². The molecule has 4 heteroatoms. The Morgan fingerprint density at radius 2 is 2.00 bits per heavy atom. The summed E-state index contributed by atoms with van der Waals surface area (Å²) < 4.78 is 2.91. The van der Waals surface area contributed by atoms with E-state index in [9.17, 15) is 9.59 Å². The van der Waals surface area contributed by atoms with Crippen LogP contribution in [-0.2, 0) is 25.9 Å². The lowest BCUT2D eigenvalue weighted by Gasteiger charge is -2.26. The van der Waals surface area contributed by atoms with Crippen LogP contribution in [0.15, 0.2) is 21.7 Å². The fourth-order valence-corrected chi connectivity index (χ4v) is 4.29. The summed E-state index contributed by atoms with van der Waals surface area (Å²) in [5.41, 5.74) is 1.53. The normalized spacial score (nSPS) is 38.5. The van der Waals surface area contributed by atoms with Crippen molar-refractivity contribution < 1.29 is 0 Å². The molecule has 4 nitrogen and oxygen atoms in total. The zero-order valence-corrected chi connectivity index (χ0v) is 10.9. The van der Waals surface area contributed by atoms with Crippen LogP contribution >= 0.6 is 0 Å². The van der Waals surface area contributed by atoms with Gasteiger partial charge in [-0.1, -0.05) is 19.1 Å². The van der Waals surface area contributed by atoms with E-state index < -0.39 is 0 Å². The highest BCUT2D eigenvalue weighted by molar-refractivity contribution is 5.51. The lowest BCUT2D eigenvalue weighted by Crippen LogP contribution is -2.42. The number of nitrogens with zero attached hydrogens (tertiary/aromatic N) is 2. The molecule has 0 saturated heterocycles. The molecular weight excluding hydrogens is 228 g/mol. The summed E-state index contributed by atoms with van der Waals surface area (Å²) in [4.78, 5) is 24.5. The van der Waals surface area contributed by atoms with Crippen molar-refractivity contribution in [1.82, 2.24) is 9.13 Å². The second kappa shape index (κ2) is 2.56. The molecule has 18 heavy (non-hydrogen) atoms. The maximum Gasteiger partial charge on any atom is 0.330 e. The van der Waals surface area contributed by atoms with Crippen LogP contribution in [0.25, 0.3) is 0 Å². The van der Waals surface area contributed by atoms with Crippen LogP contribution in [0.1, 0.15) is 24.6 Å². The van der Waals surface area contributed by atoms with Crippen molar-refractivity contribution in [3.8, 4) is 0 Å². The van der Waals surface area contributed by atoms with Crippen molar-refractivity contribution in [2.24, 2.45) is 25.4 Å². The smallest absolute Gasteiger partial charge is 0.300 e. The van der Waals surface area contributed by atoms with Crippen LogP contribution in [0.4, 0.5) is 0 Å². The number of rotatable bonds is 0. The van der Waals surface area contributed by atoms with Gasteiger partial charge in [-0.2, -0.15) is 0 Å². The van der Waals surface area contributed by atoms with Crippen molar-refractivity contribution in [3.63, 3.8) is 0 Å². The van der Waals surface area contributed by atoms with Gasteiger partial charge in [0.25, 0.3) is 5.56 Å². The highest BCUT2D eigenvalue weighted by atomic mass is 16.2. The maximum absolute atomic E-state index is 12.5. The summed E-state index contributed by atoms with van der Waals surface area (Å²) in [5, 5.41) is 0. The van der Waals surface area contributed by atoms with E-state index in [1.807, 2.05) is 0 Å². The fraction of sp³-hybridized carbons (Fsp3) is 0.571. The first kappa shape index (κ1) is 10.4. The first-order valence-electron chi connectivity index (χ1n) is 6.41. The first-order chi connectivity index (χ1) is 8.42. The van der Waals surface area contributed by atoms with Crippen LogP contribution in [0.3, 0.4) is 0 Å². The second-order valence-electron chi connectivity index (χ2n) is 6.23. The van der Waals surface area contributed by atoms with Gasteiger partial charge in [0.15, 0.2) is 0 Å². The Morgan fingerprint density at radius 1 is 1.28 bits per heavy atom. The molecule has 3 aliphatic rings. The van der Waals surface area contributed by atoms with Crippen molar-refractivity contribution in [2.75, 3.05) is 0 Å². The van der Waals surface area contributed by atoms with E-state index in [4.69, 9.17) is 0 Å². The third-order valence-corrected chi connectivity index (χ3v) is 5.62. The molecule has 0 amide bonds. The van der Waals surface area contributed by atoms with Gasteiger partial charge in [0.1, 0.15) is 0 Å². The van der Waals surface area contributed by atoms with Crippen molar-refractivity contribution in [3.05, 3.63) is 44.2 Å². The monoisotopic (exact) mass is 244 g/mol. The van der Waals surface area contributed by atoms with E-state index >= 15 is 0 Å². The van der Waals surface area contributed by atoms with E-state index in [1.165, 1.54) is 4.57 Å². The molecule has 1 aromatic heterocycles. The molecule has 1 heterocycles. The van der Waals surface area contributed by atoms with Crippen LogP contribution in [0, 0.1) is 11.3 Å². The minimum Gasteiger partial charge on any atom is -0.300 e. The average Bonchev–Trinajstić information content (AvgIpc) is 2.88. The molecule has 3 aliphatic carbocycles. The molecule has 0 aliphatic heterocycles. The van der Waals surface area contributed by atoms with Gasteiger partial charge < -0.3 is 4.57 Å². The van der Waals surface area contributed by atoms with Gasteiger partial charge in [0.05, 0.1) is 0 Å². The zero-order chi connectivity index (χ0) is 12.9. The van der Waals surface area contributed by atoms with Crippen molar-refractivity contribution in [2.45, 2.75) is 25.2 Å². The second-order valence-corrected chi connectivity index (χ2v) is 6.23. The number of aromatic nitrogens is 2. The predicted molar refractivity (Wildman–Crippen MR) is 67.7 cm³/mol. The minimum atomic E-state index is -0.208.